The van der Waals surface area contributed by atoms with Crippen LogP contribution in [0.2, 0.25) is 5.02 Å². The summed E-state index contributed by atoms with van der Waals surface area (Å²) in [5.74, 6) is 0.0141. The second kappa shape index (κ2) is 5.23. The minimum atomic E-state index is 0.0141. The minimum Gasteiger partial charge on any atom is -0.345 e. The van der Waals surface area contributed by atoms with Gasteiger partial charge in [-0.25, -0.2) is 0 Å². The van der Waals surface area contributed by atoms with Crippen LogP contribution < -0.4 is 4.90 Å². The molecule has 0 bridgehead atoms. The van der Waals surface area contributed by atoms with E-state index < -0.39 is 0 Å². The molecular formula is C15H14ClNO. The van der Waals surface area contributed by atoms with E-state index in [1.165, 1.54) is 6.92 Å². The molecule has 0 aliphatic heterocycles. The van der Waals surface area contributed by atoms with Crippen molar-refractivity contribution in [2.45, 2.75) is 6.92 Å². The molecule has 0 fully saturated rings. The minimum absolute atomic E-state index is 0.0141. The van der Waals surface area contributed by atoms with Gasteiger partial charge in [-0.1, -0.05) is 29.8 Å². The molecule has 0 unspecified atom stereocenters. The number of carbonyl (C=O) groups excluding carboxylic acids is 1. The predicted molar refractivity (Wildman–Crippen MR) is 76.0 cm³/mol. The van der Waals surface area contributed by atoms with Crippen LogP contribution in [0.15, 0.2) is 48.5 Å². The fraction of sp³-hybridized carbons (Fsp3) is 0.133. The Labute approximate surface area is 112 Å². The maximum atomic E-state index is 11.4. The Bertz CT molecular complexity index is 566. The number of hydrogen-bond acceptors (Lipinski definition) is 2. The number of para-hydroxylation sites is 1. The van der Waals surface area contributed by atoms with Gasteiger partial charge in [0, 0.05) is 29.0 Å². The van der Waals surface area contributed by atoms with Crippen LogP contribution in [-0.4, -0.2) is 12.8 Å². The molecule has 0 aliphatic rings. The lowest BCUT2D eigenvalue weighted by Gasteiger charge is -2.20. The van der Waals surface area contributed by atoms with Gasteiger partial charge in [0.05, 0.1) is 0 Å². The highest BCUT2D eigenvalue weighted by Gasteiger charge is 2.08. The Morgan fingerprint density at radius 3 is 2.33 bits per heavy atom. The van der Waals surface area contributed by atoms with Crippen LogP contribution in [-0.2, 0) is 0 Å². The molecule has 2 nitrogen and oxygen atoms in total. The predicted octanol–water partition coefficient (Wildman–Crippen LogP) is 4.31. The van der Waals surface area contributed by atoms with Gasteiger partial charge in [-0.15, -0.1) is 0 Å². The van der Waals surface area contributed by atoms with Gasteiger partial charge in [-0.2, -0.15) is 0 Å². The Morgan fingerprint density at radius 1 is 1.06 bits per heavy atom. The van der Waals surface area contributed by atoms with Crippen molar-refractivity contribution in [1.82, 2.24) is 0 Å². The molecule has 92 valence electrons. The monoisotopic (exact) mass is 259 g/mol. The maximum absolute atomic E-state index is 11.4. The lowest BCUT2D eigenvalue weighted by Crippen LogP contribution is -2.10. The fourth-order valence-corrected chi connectivity index (χ4v) is 2.00. The third-order valence-electron chi connectivity index (χ3n) is 2.82. The largest absolute Gasteiger partial charge is 0.345 e. The van der Waals surface area contributed by atoms with Crippen LogP contribution in [0.4, 0.5) is 11.4 Å². The van der Waals surface area contributed by atoms with Crippen LogP contribution in [0.1, 0.15) is 17.3 Å². The van der Waals surface area contributed by atoms with Gasteiger partial charge in [-0.05, 0) is 37.3 Å². The molecule has 0 atom stereocenters. The fourth-order valence-electron chi connectivity index (χ4n) is 1.77. The number of anilines is 2. The molecule has 0 heterocycles. The molecule has 0 amide bonds. The Morgan fingerprint density at radius 2 is 1.72 bits per heavy atom. The van der Waals surface area contributed by atoms with Crippen molar-refractivity contribution in [3.05, 3.63) is 59.1 Å². The summed E-state index contributed by atoms with van der Waals surface area (Å²) in [6.45, 7) is 1.54. The molecule has 0 aromatic heterocycles. The SMILES string of the molecule is CC(=O)c1cc(Cl)cc(N(C)c2ccccc2)c1. The molecule has 2 aromatic rings. The van der Waals surface area contributed by atoms with E-state index in [0.717, 1.165) is 11.4 Å². The molecule has 3 heteroatoms. The van der Waals surface area contributed by atoms with Crippen molar-refractivity contribution >= 4 is 28.8 Å². The van der Waals surface area contributed by atoms with Crippen molar-refractivity contribution in [1.29, 1.82) is 0 Å². The van der Waals surface area contributed by atoms with Crippen molar-refractivity contribution in [3.63, 3.8) is 0 Å². The lowest BCUT2D eigenvalue weighted by atomic mass is 10.1. The summed E-state index contributed by atoms with van der Waals surface area (Å²) in [6.07, 6.45) is 0. The topological polar surface area (TPSA) is 20.3 Å². The number of benzene rings is 2. The number of ketones is 1. The van der Waals surface area contributed by atoms with Gasteiger partial charge in [0.1, 0.15) is 0 Å². The second-order valence-corrected chi connectivity index (χ2v) is 4.59. The molecule has 0 aliphatic carbocycles. The number of rotatable bonds is 3. The molecular weight excluding hydrogens is 246 g/mol. The van der Waals surface area contributed by atoms with Gasteiger partial charge in [0.15, 0.2) is 5.78 Å². The molecule has 2 rings (SSSR count). The highest BCUT2D eigenvalue weighted by molar-refractivity contribution is 6.31. The first-order chi connectivity index (χ1) is 8.58. The standard InChI is InChI=1S/C15H14ClNO/c1-11(18)12-8-13(16)10-15(9-12)17(2)14-6-4-3-5-7-14/h3-10H,1-2H3. The maximum Gasteiger partial charge on any atom is 0.159 e. The summed E-state index contributed by atoms with van der Waals surface area (Å²) in [6, 6.07) is 15.3. The van der Waals surface area contributed by atoms with E-state index in [1.54, 1.807) is 6.07 Å². The molecule has 0 saturated heterocycles. The first-order valence-corrected chi connectivity index (χ1v) is 6.06. The summed E-state index contributed by atoms with van der Waals surface area (Å²) in [5, 5.41) is 0.570. The van der Waals surface area contributed by atoms with Crippen molar-refractivity contribution in [3.8, 4) is 0 Å². The highest BCUT2D eigenvalue weighted by Crippen LogP contribution is 2.27. The van der Waals surface area contributed by atoms with E-state index in [4.69, 9.17) is 11.6 Å². The van der Waals surface area contributed by atoms with E-state index in [1.807, 2.05) is 54.4 Å². The van der Waals surface area contributed by atoms with E-state index in [9.17, 15) is 4.79 Å². The van der Waals surface area contributed by atoms with E-state index in [2.05, 4.69) is 0 Å². The van der Waals surface area contributed by atoms with E-state index in [-0.39, 0.29) is 5.78 Å². The molecule has 0 radical (unpaired) electrons. The zero-order chi connectivity index (χ0) is 13.1. The third-order valence-corrected chi connectivity index (χ3v) is 3.04. The van der Waals surface area contributed by atoms with Crippen molar-refractivity contribution < 1.29 is 4.79 Å². The van der Waals surface area contributed by atoms with Crippen molar-refractivity contribution in [2.24, 2.45) is 0 Å². The molecule has 2 aromatic carbocycles. The Kier molecular flexibility index (Phi) is 3.68. The number of carbonyl (C=O) groups is 1. The number of hydrogen-bond donors (Lipinski definition) is 0. The normalized spacial score (nSPS) is 10.2. The van der Waals surface area contributed by atoms with Crippen LogP contribution in [0, 0.1) is 0 Å². The second-order valence-electron chi connectivity index (χ2n) is 4.15. The van der Waals surface area contributed by atoms with Gasteiger partial charge >= 0.3 is 0 Å². The summed E-state index contributed by atoms with van der Waals surface area (Å²) in [7, 11) is 1.95. The summed E-state index contributed by atoms with van der Waals surface area (Å²) in [4.78, 5) is 13.4. The van der Waals surface area contributed by atoms with Crippen LogP contribution in [0.3, 0.4) is 0 Å². The Hall–Kier alpha value is -1.80. The quantitative estimate of drug-likeness (QED) is 0.766. The molecule has 0 saturated carbocycles. The Balaban J connectivity index is 2.42. The van der Waals surface area contributed by atoms with Crippen LogP contribution >= 0.6 is 11.6 Å². The van der Waals surface area contributed by atoms with Crippen molar-refractivity contribution in [2.75, 3.05) is 11.9 Å². The summed E-state index contributed by atoms with van der Waals surface area (Å²) < 4.78 is 0. The smallest absolute Gasteiger partial charge is 0.159 e. The summed E-state index contributed by atoms with van der Waals surface area (Å²) >= 11 is 6.05. The molecule has 18 heavy (non-hydrogen) atoms. The first-order valence-electron chi connectivity index (χ1n) is 5.68. The zero-order valence-corrected chi connectivity index (χ0v) is 11.1. The van der Waals surface area contributed by atoms with Crippen LogP contribution in [0.5, 0.6) is 0 Å². The van der Waals surface area contributed by atoms with E-state index >= 15 is 0 Å². The third kappa shape index (κ3) is 2.71. The van der Waals surface area contributed by atoms with Gasteiger partial charge < -0.3 is 4.90 Å². The number of Topliss-reactive ketones (excluding diaryl/α,β-unsaturated/α-hetero) is 1. The van der Waals surface area contributed by atoms with Gasteiger partial charge in [0.2, 0.25) is 0 Å². The highest BCUT2D eigenvalue weighted by atomic mass is 35.5. The average molecular weight is 260 g/mol. The zero-order valence-electron chi connectivity index (χ0n) is 10.4. The number of nitrogens with zero attached hydrogens (tertiary/aromatic N) is 1. The van der Waals surface area contributed by atoms with E-state index in [0.29, 0.717) is 10.6 Å². The van der Waals surface area contributed by atoms with Gasteiger partial charge in [0.25, 0.3) is 0 Å². The molecule has 0 N–H and O–H groups in total. The van der Waals surface area contributed by atoms with Crippen LogP contribution in [0.25, 0.3) is 0 Å². The molecule has 0 spiro atoms. The lowest BCUT2D eigenvalue weighted by molar-refractivity contribution is 0.101. The number of halogens is 1. The average Bonchev–Trinajstić information content (AvgIpc) is 2.38. The summed E-state index contributed by atoms with van der Waals surface area (Å²) in [5.41, 5.74) is 2.58. The van der Waals surface area contributed by atoms with Gasteiger partial charge in [-0.3, -0.25) is 4.79 Å². The first kappa shape index (κ1) is 12.7.